The number of nitro benzene ring substituents is 1. The van der Waals surface area contributed by atoms with Crippen LogP contribution in [0.5, 0.6) is 5.75 Å². The molecule has 6 nitrogen and oxygen atoms in total. The maximum Gasteiger partial charge on any atom is 0.310 e. The number of nitro groups is 1. The van der Waals surface area contributed by atoms with Gasteiger partial charge in [0.25, 0.3) is 0 Å². The number of benzene rings is 1. The Hall–Kier alpha value is -1.66. The molecular weight excluding hydrogens is 260 g/mol. The summed E-state index contributed by atoms with van der Waals surface area (Å²) in [7, 11) is 0. The van der Waals surface area contributed by atoms with Gasteiger partial charge in [-0.3, -0.25) is 10.1 Å². The molecule has 0 saturated heterocycles. The van der Waals surface area contributed by atoms with Gasteiger partial charge >= 0.3 is 5.69 Å². The molecule has 0 aromatic heterocycles. The van der Waals surface area contributed by atoms with Crippen LogP contribution in [0.4, 0.5) is 5.69 Å². The fourth-order valence-electron chi connectivity index (χ4n) is 1.64. The summed E-state index contributed by atoms with van der Waals surface area (Å²) in [6.45, 7) is 8.07. The standard InChI is InChI=1S/C14H22N2O4/c1-4-15-10-12-5-6-13(16(17)18)14(9-12)20-8-7-19-11(2)3/h5-6,9,11,15H,4,7-8,10H2,1-3H3. The molecule has 112 valence electrons. The molecule has 0 spiro atoms. The van der Waals surface area contributed by atoms with E-state index in [9.17, 15) is 10.1 Å². The van der Waals surface area contributed by atoms with Crippen molar-refractivity contribution < 1.29 is 14.4 Å². The van der Waals surface area contributed by atoms with E-state index in [1.54, 1.807) is 12.1 Å². The summed E-state index contributed by atoms with van der Waals surface area (Å²) in [4.78, 5) is 10.5. The number of ether oxygens (including phenoxy) is 2. The van der Waals surface area contributed by atoms with Gasteiger partial charge in [-0.05, 0) is 32.0 Å². The summed E-state index contributed by atoms with van der Waals surface area (Å²) in [6, 6.07) is 4.92. The van der Waals surface area contributed by atoms with Crippen molar-refractivity contribution in [2.45, 2.75) is 33.4 Å². The van der Waals surface area contributed by atoms with Crippen LogP contribution in [0.15, 0.2) is 18.2 Å². The molecule has 1 aromatic rings. The van der Waals surface area contributed by atoms with Gasteiger partial charge < -0.3 is 14.8 Å². The second-order valence-corrected chi connectivity index (χ2v) is 4.61. The molecule has 0 unspecified atom stereocenters. The maximum absolute atomic E-state index is 11.0. The van der Waals surface area contributed by atoms with Gasteiger partial charge in [0.05, 0.1) is 17.6 Å². The van der Waals surface area contributed by atoms with Crippen molar-refractivity contribution >= 4 is 5.69 Å². The Bertz CT molecular complexity index is 435. The van der Waals surface area contributed by atoms with E-state index in [1.165, 1.54) is 6.07 Å². The van der Waals surface area contributed by atoms with Gasteiger partial charge in [0.1, 0.15) is 6.61 Å². The summed E-state index contributed by atoms with van der Waals surface area (Å²) in [6.07, 6.45) is 0.119. The van der Waals surface area contributed by atoms with Gasteiger partial charge in [0, 0.05) is 12.6 Å². The third kappa shape index (κ3) is 5.54. The summed E-state index contributed by atoms with van der Waals surface area (Å²) in [5.74, 6) is 0.290. The lowest BCUT2D eigenvalue weighted by molar-refractivity contribution is -0.385. The lowest BCUT2D eigenvalue weighted by Gasteiger charge is -2.11. The van der Waals surface area contributed by atoms with Gasteiger partial charge in [-0.2, -0.15) is 0 Å². The average Bonchev–Trinajstić information content (AvgIpc) is 2.41. The minimum Gasteiger partial charge on any atom is -0.484 e. The Morgan fingerprint density at radius 1 is 1.35 bits per heavy atom. The molecule has 0 radical (unpaired) electrons. The minimum atomic E-state index is -0.435. The van der Waals surface area contributed by atoms with Gasteiger partial charge in [-0.25, -0.2) is 0 Å². The Morgan fingerprint density at radius 2 is 2.10 bits per heavy atom. The van der Waals surface area contributed by atoms with Crippen LogP contribution >= 0.6 is 0 Å². The molecule has 0 atom stereocenters. The van der Waals surface area contributed by atoms with Crippen molar-refractivity contribution in [3.05, 3.63) is 33.9 Å². The van der Waals surface area contributed by atoms with Crippen molar-refractivity contribution in [3.63, 3.8) is 0 Å². The molecule has 0 saturated carbocycles. The van der Waals surface area contributed by atoms with Crippen LogP contribution in [0.2, 0.25) is 0 Å². The lowest BCUT2D eigenvalue weighted by Crippen LogP contribution is -2.13. The topological polar surface area (TPSA) is 73.6 Å². The zero-order valence-corrected chi connectivity index (χ0v) is 12.2. The third-order valence-electron chi connectivity index (χ3n) is 2.59. The molecule has 0 amide bonds. The summed E-state index contributed by atoms with van der Waals surface area (Å²) in [5, 5.41) is 14.1. The van der Waals surface area contributed by atoms with E-state index in [2.05, 4.69) is 5.32 Å². The zero-order chi connectivity index (χ0) is 15.0. The molecule has 0 heterocycles. The first kappa shape index (κ1) is 16.4. The predicted molar refractivity (Wildman–Crippen MR) is 77.1 cm³/mol. The molecule has 0 aliphatic heterocycles. The fourth-order valence-corrected chi connectivity index (χ4v) is 1.64. The molecule has 0 aliphatic rings. The number of nitrogens with one attached hydrogen (secondary N) is 1. The normalized spacial score (nSPS) is 10.8. The zero-order valence-electron chi connectivity index (χ0n) is 12.2. The van der Waals surface area contributed by atoms with E-state index in [1.807, 2.05) is 20.8 Å². The van der Waals surface area contributed by atoms with Crippen LogP contribution in [0, 0.1) is 10.1 Å². The fraction of sp³-hybridized carbons (Fsp3) is 0.571. The molecule has 0 bridgehead atoms. The van der Waals surface area contributed by atoms with E-state index in [-0.39, 0.29) is 17.5 Å². The lowest BCUT2D eigenvalue weighted by atomic mass is 10.2. The quantitative estimate of drug-likeness (QED) is 0.428. The smallest absolute Gasteiger partial charge is 0.310 e. The molecule has 1 N–H and O–H groups in total. The van der Waals surface area contributed by atoms with Crippen LogP contribution in [-0.4, -0.2) is 30.8 Å². The first-order chi connectivity index (χ1) is 9.54. The molecule has 0 aliphatic carbocycles. The maximum atomic E-state index is 11.0. The molecule has 1 rings (SSSR count). The predicted octanol–water partition coefficient (Wildman–Crippen LogP) is 2.51. The highest BCUT2D eigenvalue weighted by Crippen LogP contribution is 2.27. The Balaban J connectivity index is 2.70. The Morgan fingerprint density at radius 3 is 2.70 bits per heavy atom. The largest absolute Gasteiger partial charge is 0.484 e. The third-order valence-corrected chi connectivity index (χ3v) is 2.59. The number of rotatable bonds is 9. The summed E-state index contributed by atoms with van der Waals surface area (Å²) in [5.41, 5.74) is 0.937. The van der Waals surface area contributed by atoms with Crippen molar-refractivity contribution in [2.75, 3.05) is 19.8 Å². The highest BCUT2D eigenvalue weighted by atomic mass is 16.6. The van der Waals surface area contributed by atoms with Gasteiger partial charge in [-0.15, -0.1) is 0 Å². The number of hydrogen-bond donors (Lipinski definition) is 1. The first-order valence-electron chi connectivity index (χ1n) is 6.77. The van der Waals surface area contributed by atoms with E-state index in [4.69, 9.17) is 9.47 Å². The molecule has 20 heavy (non-hydrogen) atoms. The number of hydrogen-bond acceptors (Lipinski definition) is 5. The van der Waals surface area contributed by atoms with Crippen molar-refractivity contribution in [1.82, 2.24) is 5.32 Å². The van der Waals surface area contributed by atoms with E-state index >= 15 is 0 Å². The molecule has 0 fully saturated rings. The van der Waals surface area contributed by atoms with Crippen LogP contribution < -0.4 is 10.1 Å². The van der Waals surface area contributed by atoms with Gasteiger partial charge in [0.15, 0.2) is 5.75 Å². The van der Waals surface area contributed by atoms with Crippen molar-refractivity contribution in [2.24, 2.45) is 0 Å². The van der Waals surface area contributed by atoms with Crippen LogP contribution in [-0.2, 0) is 11.3 Å². The van der Waals surface area contributed by atoms with E-state index < -0.39 is 4.92 Å². The first-order valence-corrected chi connectivity index (χ1v) is 6.77. The number of nitrogens with zero attached hydrogens (tertiary/aromatic N) is 1. The van der Waals surface area contributed by atoms with E-state index in [0.29, 0.717) is 19.8 Å². The van der Waals surface area contributed by atoms with Crippen LogP contribution in [0.1, 0.15) is 26.3 Å². The summed E-state index contributed by atoms with van der Waals surface area (Å²) >= 11 is 0. The molecule has 6 heteroatoms. The van der Waals surface area contributed by atoms with Crippen LogP contribution in [0.3, 0.4) is 0 Å². The Kier molecular flexibility index (Phi) is 6.97. The highest BCUT2D eigenvalue weighted by molar-refractivity contribution is 5.48. The van der Waals surface area contributed by atoms with E-state index in [0.717, 1.165) is 12.1 Å². The molecular formula is C14H22N2O4. The van der Waals surface area contributed by atoms with Gasteiger partial charge in [-0.1, -0.05) is 13.0 Å². The molecule has 1 aromatic carbocycles. The second-order valence-electron chi connectivity index (χ2n) is 4.61. The monoisotopic (exact) mass is 282 g/mol. The van der Waals surface area contributed by atoms with Crippen LogP contribution in [0.25, 0.3) is 0 Å². The minimum absolute atomic E-state index is 0.0187. The second kappa shape index (κ2) is 8.50. The Labute approximate surface area is 119 Å². The van der Waals surface area contributed by atoms with Gasteiger partial charge in [0.2, 0.25) is 0 Å². The summed E-state index contributed by atoms with van der Waals surface area (Å²) < 4.78 is 10.8. The average molecular weight is 282 g/mol. The van der Waals surface area contributed by atoms with Crippen molar-refractivity contribution in [3.8, 4) is 5.75 Å². The SMILES string of the molecule is CCNCc1ccc([N+](=O)[O-])c(OCCOC(C)C)c1. The highest BCUT2D eigenvalue weighted by Gasteiger charge is 2.15. The van der Waals surface area contributed by atoms with Crippen molar-refractivity contribution in [1.29, 1.82) is 0 Å².